The zero-order chi connectivity index (χ0) is 20.3. The Morgan fingerprint density at radius 2 is 2.17 bits per heavy atom. The van der Waals surface area contributed by atoms with Crippen molar-refractivity contribution in [3.8, 4) is 0 Å². The van der Waals surface area contributed by atoms with Crippen LogP contribution in [0.1, 0.15) is 10.7 Å². The first-order valence-electron chi connectivity index (χ1n) is 9.48. The first-order chi connectivity index (χ1) is 13.9. The summed E-state index contributed by atoms with van der Waals surface area (Å²) >= 11 is 1.54. The summed E-state index contributed by atoms with van der Waals surface area (Å²) in [5.41, 5.74) is 0.649. The van der Waals surface area contributed by atoms with Crippen molar-refractivity contribution in [2.75, 3.05) is 18.5 Å². The minimum absolute atomic E-state index is 0.119. The van der Waals surface area contributed by atoms with Gasteiger partial charge < -0.3 is 14.5 Å². The monoisotopic (exact) mass is 413 g/mol. The molecule has 2 aromatic rings. The van der Waals surface area contributed by atoms with Gasteiger partial charge >= 0.3 is 0 Å². The number of carbonyl (C=O) groups is 2. The summed E-state index contributed by atoms with van der Waals surface area (Å²) in [6.45, 7) is 2.65. The topological polar surface area (TPSA) is 62.7 Å². The van der Waals surface area contributed by atoms with Gasteiger partial charge in [-0.3, -0.25) is 9.59 Å². The van der Waals surface area contributed by atoms with Crippen molar-refractivity contribution < 1.29 is 18.7 Å². The molecule has 4 heterocycles. The highest BCUT2D eigenvalue weighted by molar-refractivity contribution is 7.09. The average Bonchev–Trinajstić information content (AvgIpc) is 3.43. The number of anilines is 1. The van der Waals surface area contributed by atoms with Gasteiger partial charge in [0.15, 0.2) is 0 Å². The van der Waals surface area contributed by atoms with Crippen LogP contribution in [0, 0.1) is 24.6 Å². The van der Waals surface area contributed by atoms with E-state index in [1.807, 2.05) is 24.5 Å². The molecule has 1 aromatic carbocycles. The van der Waals surface area contributed by atoms with Gasteiger partial charge in [-0.15, -0.1) is 11.3 Å². The second kappa shape index (κ2) is 6.47. The van der Waals surface area contributed by atoms with Crippen LogP contribution in [-0.2, 0) is 20.9 Å². The molecule has 2 unspecified atom stereocenters. The predicted molar refractivity (Wildman–Crippen MR) is 106 cm³/mol. The Balaban J connectivity index is 1.41. The molecule has 3 aliphatic heterocycles. The van der Waals surface area contributed by atoms with Crippen molar-refractivity contribution in [1.29, 1.82) is 0 Å². The van der Waals surface area contributed by atoms with E-state index in [1.165, 1.54) is 12.1 Å². The molecule has 1 spiro atoms. The molecule has 0 aliphatic carbocycles. The van der Waals surface area contributed by atoms with E-state index in [2.05, 4.69) is 4.98 Å². The number of aryl methyl sites for hydroxylation is 1. The van der Waals surface area contributed by atoms with Gasteiger partial charge in [0.05, 0.1) is 41.7 Å². The summed E-state index contributed by atoms with van der Waals surface area (Å²) in [5, 5.41) is 2.89. The Labute approximate surface area is 171 Å². The number of amides is 2. The normalized spacial score (nSPS) is 29.6. The number of ether oxygens (including phenoxy) is 1. The highest BCUT2D eigenvalue weighted by Crippen LogP contribution is 2.53. The van der Waals surface area contributed by atoms with Crippen molar-refractivity contribution in [3.63, 3.8) is 0 Å². The summed E-state index contributed by atoms with van der Waals surface area (Å²) in [6.07, 6.45) is 3.41. The summed E-state index contributed by atoms with van der Waals surface area (Å²) in [5.74, 6) is -1.77. The Bertz CT molecular complexity index is 1020. The van der Waals surface area contributed by atoms with Gasteiger partial charge in [-0.2, -0.15) is 0 Å². The van der Waals surface area contributed by atoms with E-state index in [0.717, 1.165) is 10.7 Å². The Kier molecular flexibility index (Phi) is 4.11. The maximum Gasteiger partial charge on any atom is 0.234 e. The molecule has 150 valence electrons. The second-order valence-electron chi connectivity index (χ2n) is 7.85. The van der Waals surface area contributed by atoms with Crippen molar-refractivity contribution >= 4 is 28.8 Å². The maximum atomic E-state index is 13.3. The maximum absolute atomic E-state index is 13.3. The minimum atomic E-state index is -0.797. The number of hydrogen-bond acceptors (Lipinski definition) is 5. The highest BCUT2D eigenvalue weighted by atomic mass is 32.1. The predicted octanol–water partition coefficient (Wildman–Crippen LogP) is 2.54. The van der Waals surface area contributed by atoms with E-state index in [0.29, 0.717) is 18.8 Å². The van der Waals surface area contributed by atoms with E-state index in [4.69, 9.17) is 4.74 Å². The molecule has 2 fully saturated rings. The lowest BCUT2D eigenvalue weighted by atomic mass is 9.76. The van der Waals surface area contributed by atoms with Crippen LogP contribution < -0.4 is 4.90 Å². The Morgan fingerprint density at radius 1 is 1.41 bits per heavy atom. The number of halogens is 1. The molecule has 4 atom stereocenters. The number of benzene rings is 1. The molecule has 0 N–H and O–H groups in total. The fourth-order valence-electron chi connectivity index (χ4n) is 4.68. The fourth-order valence-corrected chi connectivity index (χ4v) is 5.28. The molecule has 3 aliphatic rings. The molecule has 2 bridgehead atoms. The lowest BCUT2D eigenvalue weighted by molar-refractivity contribution is -0.139. The van der Waals surface area contributed by atoms with Crippen LogP contribution in [0.5, 0.6) is 0 Å². The molecular weight excluding hydrogens is 393 g/mol. The Morgan fingerprint density at radius 3 is 2.86 bits per heavy atom. The van der Waals surface area contributed by atoms with E-state index < -0.39 is 23.5 Å². The molecular formula is C21H20FN3O3S. The van der Waals surface area contributed by atoms with E-state index in [1.54, 1.807) is 40.3 Å². The molecule has 5 rings (SSSR count). The molecule has 2 amide bonds. The highest BCUT2D eigenvalue weighted by Gasteiger charge is 2.67. The van der Waals surface area contributed by atoms with Crippen LogP contribution in [0.4, 0.5) is 10.1 Å². The van der Waals surface area contributed by atoms with Gasteiger partial charge in [0.1, 0.15) is 11.4 Å². The summed E-state index contributed by atoms with van der Waals surface area (Å²) in [4.78, 5) is 34.2. The molecule has 0 radical (unpaired) electrons. The van der Waals surface area contributed by atoms with Gasteiger partial charge in [0.25, 0.3) is 0 Å². The van der Waals surface area contributed by atoms with Gasteiger partial charge in [0, 0.05) is 18.1 Å². The first-order valence-corrected chi connectivity index (χ1v) is 10.4. The summed E-state index contributed by atoms with van der Waals surface area (Å²) in [7, 11) is 1.73. The van der Waals surface area contributed by atoms with E-state index >= 15 is 0 Å². The van der Waals surface area contributed by atoms with Crippen LogP contribution in [0.15, 0.2) is 41.8 Å². The molecule has 6 nitrogen and oxygen atoms in total. The van der Waals surface area contributed by atoms with Crippen molar-refractivity contribution in [2.24, 2.45) is 11.8 Å². The summed E-state index contributed by atoms with van der Waals surface area (Å²) < 4.78 is 19.5. The fraction of sp³-hybridized carbons (Fsp3) is 0.381. The van der Waals surface area contributed by atoms with E-state index in [9.17, 15) is 14.0 Å². The standard InChI is InChI=1S/C21H20FN3O3S/c1-12-23-14(10-29-12)9-24(2)19(26)17-16-7-8-21(28-16)11-25(20(27)18(17)21)15-5-3-13(22)4-6-15/h3-8,10,16-18H,9,11H2,1-2H3/t16-,17?,18?,21-/m0/s1. The van der Waals surface area contributed by atoms with Crippen LogP contribution in [0.3, 0.4) is 0 Å². The smallest absolute Gasteiger partial charge is 0.234 e. The number of hydrogen-bond donors (Lipinski definition) is 0. The number of rotatable bonds is 4. The average molecular weight is 413 g/mol. The van der Waals surface area contributed by atoms with Crippen molar-refractivity contribution in [3.05, 3.63) is 58.3 Å². The second-order valence-corrected chi connectivity index (χ2v) is 8.92. The third kappa shape index (κ3) is 2.81. The first kappa shape index (κ1) is 18.4. The third-order valence-corrected chi connectivity index (χ3v) is 6.79. The van der Waals surface area contributed by atoms with Crippen molar-refractivity contribution in [1.82, 2.24) is 9.88 Å². The van der Waals surface area contributed by atoms with Crippen LogP contribution in [-0.4, -0.2) is 47.0 Å². The van der Waals surface area contributed by atoms with Gasteiger partial charge in [-0.25, -0.2) is 9.37 Å². The zero-order valence-corrected chi connectivity index (χ0v) is 16.9. The van der Waals surface area contributed by atoms with Gasteiger partial charge in [0.2, 0.25) is 11.8 Å². The Hall–Kier alpha value is -2.58. The molecule has 0 saturated carbocycles. The molecule has 2 saturated heterocycles. The largest absolute Gasteiger partial charge is 0.360 e. The lowest BCUT2D eigenvalue weighted by Gasteiger charge is -2.27. The lowest BCUT2D eigenvalue weighted by Crippen LogP contribution is -2.44. The van der Waals surface area contributed by atoms with Crippen molar-refractivity contribution in [2.45, 2.75) is 25.2 Å². The van der Waals surface area contributed by atoms with Gasteiger partial charge in [-0.1, -0.05) is 12.2 Å². The van der Waals surface area contributed by atoms with Gasteiger partial charge in [-0.05, 0) is 31.2 Å². The number of thiazole rings is 1. The molecule has 29 heavy (non-hydrogen) atoms. The SMILES string of the molecule is Cc1nc(CN(C)C(=O)C2C3C(=O)N(c4ccc(F)cc4)C[C@@]34C=C[C@@H]2O4)cs1. The summed E-state index contributed by atoms with van der Waals surface area (Å²) in [6, 6.07) is 5.81. The zero-order valence-electron chi connectivity index (χ0n) is 16.0. The van der Waals surface area contributed by atoms with E-state index in [-0.39, 0.29) is 17.6 Å². The van der Waals surface area contributed by atoms with Crippen LogP contribution in [0.2, 0.25) is 0 Å². The number of carbonyl (C=O) groups excluding carboxylic acids is 2. The number of aromatic nitrogens is 1. The van der Waals surface area contributed by atoms with Crippen LogP contribution >= 0.6 is 11.3 Å². The van der Waals surface area contributed by atoms with Crippen LogP contribution in [0.25, 0.3) is 0 Å². The number of fused-ring (bicyclic) bond motifs is 1. The minimum Gasteiger partial charge on any atom is -0.360 e. The molecule has 8 heteroatoms. The molecule has 1 aromatic heterocycles. The number of nitrogens with zero attached hydrogens (tertiary/aromatic N) is 3. The third-order valence-electron chi connectivity index (χ3n) is 5.97. The quantitative estimate of drug-likeness (QED) is 0.723.